The molecule has 0 unspecified atom stereocenters. The van der Waals surface area contributed by atoms with Crippen molar-refractivity contribution < 1.29 is 28.6 Å². The summed E-state index contributed by atoms with van der Waals surface area (Å²) < 4.78 is 15.5. The molecular formula is C23H30N2O6. The number of carbonyl (C=O) groups is 3. The van der Waals surface area contributed by atoms with E-state index >= 15 is 0 Å². The van der Waals surface area contributed by atoms with Crippen molar-refractivity contribution >= 4 is 23.6 Å². The van der Waals surface area contributed by atoms with E-state index < -0.39 is 12.1 Å². The zero-order valence-electron chi connectivity index (χ0n) is 18.5. The van der Waals surface area contributed by atoms with E-state index in [-0.39, 0.29) is 31.5 Å². The maximum atomic E-state index is 12.9. The van der Waals surface area contributed by atoms with Gasteiger partial charge in [-0.2, -0.15) is 0 Å². The van der Waals surface area contributed by atoms with Crippen molar-refractivity contribution in [1.82, 2.24) is 10.3 Å². The van der Waals surface area contributed by atoms with Gasteiger partial charge < -0.3 is 14.2 Å². The summed E-state index contributed by atoms with van der Waals surface area (Å²) in [5, 5.41) is 2.55. The van der Waals surface area contributed by atoms with E-state index in [0.29, 0.717) is 36.1 Å². The third kappa shape index (κ3) is 4.89. The number of carbonyl (C=O) groups excluding carboxylic acids is 3. The van der Waals surface area contributed by atoms with Gasteiger partial charge in [0.15, 0.2) is 0 Å². The molecule has 0 bridgehead atoms. The number of hydrogen-bond donors (Lipinski definition) is 1. The Morgan fingerprint density at radius 3 is 2.23 bits per heavy atom. The monoisotopic (exact) mass is 430 g/mol. The molecule has 1 N–H and O–H groups in total. The summed E-state index contributed by atoms with van der Waals surface area (Å²) in [6.07, 6.45) is 4.71. The summed E-state index contributed by atoms with van der Waals surface area (Å²) in [7, 11) is 0. The van der Waals surface area contributed by atoms with Crippen molar-refractivity contribution in [1.29, 1.82) is 0 Å². The average molecular weight is 431 g/mol. The number of nitrogens with zero attached hydrogens (tertiary/aromatic N) is 1. The molecule has 0 fully saturated rings. The van der Waals surface area contributed by atoms with Crippen LogP contribution in [0, 0.1) is 0 Å². The van der Waals surface area contributed by atoms with Crippen molar-refractivity contribution in [2.75, 3.05) is 19.8 Å². The molecule has 2 aliphatic rings. The number of pyridine rings is 1. The summed E-state index contributed by atoms with van der Waals surface area (Å²) in [6.45, 7) is 5.79. The molecule has 168 valence electrons. The first kappa shape index (κ1) is 22.8. The molecule has 0 saturated carbocycles. The maximum Gasteiger partial charge on any atom is 0.411 e. The topological polar surface area (TPSA) is 104 Å². The first-order valence-electron chi connectivity index (χ1n) is 11.1. The molecule has 1 aromatic rings. The van der Waals surface area contributed by atoms with E-state index in [1.165, 1.54) is 0 Å². The molecule has 2 aliphatic carbocycles. The lowest BCUT2D eigenvalue weighted by molar-refractivity contribution is -0.138. The number of aryl methyl sites for hydroxylation is 1. The molecule has 0 atom stereocenters. The van der Waals surface area contributed by atoms with Gasteiger partial charge in [0.1, 0.15) is 5.70 Å². The van der Waals surface area contributed by atoms with E-state index in [4.69, 9.17) is 19.2 Å². The SMILES string of the molecule is CCOC(=O)NC(C(=O)OCC)=C1CCCc2c1nc1c(c2C(=O)OCC)CCCC1. The smallest absolute Gasteiger partial charge is 0.411 e. The minimum absolute atomic E-state index is 0.0271. The van der Waals surface area contributed by atoms with Gasteiger partial charge in [0.05, 0.1) is 31.1 Å². The van der Waals surface area contributed by atoms with Gasteiger partial charge in [0.2, 0.25) is 0 Å². The van der Waals surface area contributed by atoms with E-state index in [1.807, 2.05) is 0 Å². The Labute approximate surface area is 182 Å². The van der Waals surface area contributed by atoms with Gasteiger partial charge in [0.25, 0.3) is 0 Å². The lowest BCUT2D eigenvalue weighted by Crippen LogP contribution is -2.31. The predicted octanol–water partition coefficient (Wildman–Crippen LogP) is 3.49. The lowest BCUT2D eigenvalue weighted by atomic mass is 9.82. The van der Waals surface area contributed by atoms with Gasteiger partial charge in [-0.3, -0.25) is 10.3 Å². The van der Waals surface area contributed by atoms with Crippen LogP contribution in [0.2, 0.25) is 0 Å². The second kappa shape index (κ2) is 10.4. The van der Waals surface area contributed by atoms with Gasteiger partial charge >= 0.3 is 18.0 Å². The van der Waals surface area contributed by atoms with Crippen LogP contribution < -0.4 is 5.32 Å². The van der Waals surface area contributed by atoms with Crippen molar-refractivity contribution in [3.63, 3.8) is 0 Å². The van der Waals surface area contributed by atoms with Gasteiger partial charge in [0, 0.05) is 11.3 Å². The van der Waals surface area contributed by atoms with Gasteiger partial charge in [-0.15, -0.1) is 0 Å². The number of nitrogens with one attached hydrogen (secondary N) is 1. The summed E-state index contributed by atoms with van der Waals surface area (Å²) in [5.74, 6) is -0.993. The van der Waals surface area contributed by atoms with Crippen LogP contribution in [-0.4, -0.2) is 42.8 Å². The number of aromatic nitrogens is 1. The molecule has 1 heterocycles. The number of allylic oxidation sites excluding steroid dienone is 1. The molecule has 0 aromatic carbocycles. The Bertz CT molecular complexity index is 906. The van der Waals surface area contributed by atoms with Gasteiger partial charge in [-0.1, -0.05) is 0 Å². The first-order valence-corrected chi connectivity index (χ1v) is 11.1. The number of alkyl carbamates (subject to hydrolysis) is 1. The highest BCUT2D eigenvalue weighted by molar-refractivity contribution is 6.02. The van der Waals surface area contributed by atoms with E-state index in [0.717, 1.165) is 42.5 Å². The zero-order chi connectivity index (χ0) is 22.4. The third-order valence-electron chi connectivity index (χ3n) is 5.48. The fourth-order valence-electron chi connectivity index (χ4n) is 4.25. The number of rotatable bonds is 6. The van der Waals surface area contributed by atoms with Crippen molar-refractivity contribution in [2.45, 2.75) is 65.7 Å². The van der Waals surface area contributed by atoms with Crippen molar-refractivity contribution in [3.8, 4) is 0 Å². The number of hydrogen-bond acceptors (Lipinski definition) is 7. The van der Waals surface area contributed by atoms with Gasteiger partial charge in [-0.25, -0.2) is 14.4 Å². The number of ether oxygens (including phenoxy) is 3. The standard InChI is InChI=1S/C23H30N2O6/c1-4-29-21(26)18-14-10-7-8-13-17(14)24-19-15(18)11-9-12-16(19)20(22(27)30-5-2)25-23(28)31-6-3/h4-13H2,1-3H3,(H,25,28). The van der Waals surface area contributed by atoms with Crippen LogP contribution in [0.1, 0.15) is 79.3 Å². The Morgan fingerprint density at radius 1 is 0.839 bits per heavy atom. The van der Waals surface area contributed by atoms with Crippen molar-refractivity contribution in [3.05, 3.63) is 33.8 Å². The highest BCUT2D eigenvalue weighted by atomic mass is 16.6. The molecule has 0 aliphatic heterocycles. The Hall–Kier alpha value is -2.90. The minimum Gasteiger partial charge on any atom is -0.462 e. The van der Waals surface area contributed by atoms with Crippen LogP contribution in [0.15, 0.2) is 5.70 Å². The van der Waals surface area contributed by atoms with Crippen LogP contribution in [0.5, 0.6) is 0 Å². The van der Waals surface area contributed by atoms with Crippen LogP contribution >= 0.6 is 0 Å². The number of amides is 1. The minimum atomic E-state index is -0.728. The fourth-order valence-corrected chi connectivity index (χ4v) is 4.25. The Morgan fingerprint density at radius 2 is 1.52 bits per heavy atom. The van der Waals surface area contributed by atoms with Crippen LogP contribution in [-0.2, 0) is 38.3 Å². The fraction of sp³-hybridized carbons (Fsp3) is 0.565. The summed E-state index contributed by atoms with van der Waals surface area (Å²) in [5.41, 5.74) is 4.37. The second-order valence-electron chi connectivity index (χ2n) is 7.44. The predicted molar refractivity (Wildman–Crippen MR) is 113 cm³/mol. The summed E-state index contributed by atoms with van der Waals surface area (Å²) in [6, 6.07) is 0. The van der Waals surface area contributed by atoms with E-state index in [2.05, 4.69) is 5.32 Å². The third-order valence-corrected chi connectivity index (χ3v) is 5.48. The largest absolute Gasteiger partial charge is 0.462 e. The summed E-state index contributed by atoms with van der Waals surface area (Å²) >= 11 is 0. The molecule has 0 spiro atoms. The molecule has 0 radical (unpaired) electrons. The lowest BCUT2D eigenvalue weighted by Gasteiger charge is -2.27. The van der Waals surface area contributed by atoms with Crippen LogP contribution in [0.4, 0.5) is 4.79 Å². The van der Waals surface area contributed by atoms with Gasteiger partial charge in [-0.05, 0) is 76.8 Å². The Balaban J connectivity index is 2.21. The Kier molecular flexibility index (Phi) is 7.65. The molecule has 8 nitrogen and oxygen atoms in total. The number of esters is 2. The maximum absolute atomic E-state index is 12.9. The molecule has 3 rings (SSSR count). The molecule has 1 amide bonds. The van der Waals surface area contributed by atoms with E-state index in [1.54, 1.807) is 20.8 Å². The quantitative estimate of drug-likeness (QED) is 0.418. The number of fused-ring (bicyclic) bond motifs is 2. The second-order valence-corrected chi connectivity index (χ2v) is 7.44. The van der Waals surface area contributed by atoms with E-state index in [9.17, 15) is 14.4 Å². The van der Waals surface area contributed by atoms with Crippen LogP contribution in [0.3, 0.4) is 0 Å². The molecule has 1 aromatic heterocycles. The molecule has 8 heteroatoms. The molecular weight excluding hydrogens is 400 g/mol. The van der Waals surface area contributed by atoms with Crippen LogP contribution in [0.25, 0.3) is 5.57 Å². The highest BCUT2D eigenvalue weighted by Gasteiger charge is 2.32. The first-order chi connectivity index (χ1) is 15.0. The molecule has 0 saturated heterocycles. The highest BCUT2D eigenvalue weighted by Crippen LogP contribution is 2.38. The molecule has 31 heavy (non-hydrogen) atoms. The zero-order valence-corrected chi connectivity index (χ0v) is 18.5. The average Bonchev–Trinajstić information content (AvgIpc) is 2.76. The van der Waals surface area contributed by atoms with Crippen molar-refractivity contribution in [2.24, 2.45) is 0 Å². The summed E-state index contributed by atoms with van der Waals surface area (Å²) in [4.78, 5) is 42.7. The normalized spacial score (nSPS) is 16.5.